The van der Waals surface area contributed by atoms with E-state index in [1.165, 1.54) is 0 Å². The van der Waals surface area contributed by atoms with E-state index in [1.54, 1.807) is 17.2 Å². The van der Waals surface area contributed by atoms with Crippen LogP contribution in [0.25, 0.3) is 10.9 Å². The fourth-order valence-corrected chi connectivity index (χ4v) is 4.69. The number of likely N-dealkylation sites (tertiary alicyclic amines) is 1. The summed E-state index contributed by atoms with van der Waals surface area (Å²) in [6, 6.07) is 15.6. The largest absolute Gasteiger partial charge is 0.491 e. The minimum absolute atomic E-state index is 0.0341. The highest BCUT2D eigenvalue weighted by Gasteiger charge is 2.47. The smallest absolute Gasteiger partial charge is 0.410 e. The van der Waals surface area contributed by atoms with Gasteiger partial charge in [0, 0.05) is 23.7 Å². The van der Waals surface area contributed by atoms with E-state index < -0.39 is 5.60 Å². The van der Waals surface area contributed by atoms with Crippen molar-refractivity contribution in [2.75, 3.05) is 13.2 Å². The van der Waals surface area contributed by atoms with E-state index in [-0.39, 0.29) is 23.6 Å². The Bertz CT molecular complexity index is 1300. The van der Waals surface area contributed by atoms with Crippen molar-refractivity contribution in [2.45, 2.75) is 64.1 Å². The molecule has 2 aromatic carbocycles. The molecule has 5 rings (SSSR count). The van der Waals surface area contributed by atoms with Gasteiger partial charge in [0.1, 0.15) is 18.0 Å². The van der Waals surface area contributed by atoms with E-state index in [2.05, 4.69) is 22.4 Å². The number of nitrogens with one attached hydrogen (secondary N) is 1. The van der Waals surface area contributed by atoms with Crippen LogP contribution in [-0.4, -0.2) is 46.7 Å². The number of pyridine rings is 1. The molecule has 2 amide bonds. The van der Waals surface area contributed by atoms with Gasteiger partial charge < -0.3 is 19.7 Å². The Morgan fingerprint density at radius 3 is 2.64 bits per heavy atom. The Morgan fingerprint density at radius 2 is 1.94 bits per heavy atom. The summed E-state index contributed by atoms with van der Waals surface area (Å²) in [5.74, 6) is 0.497. The van der Waals surface area contributed by atoms with Crippen molar-refractivity contribution in [1.82, 2.24) is 15.2 Å². The molecule has 1 saturated heterocycles. The van der Waals surface area contributed by atoms with Gasteiger partial charge >= 0.3 is 6.09 Å². The van der Waals surface area contributed by atoms with Crippen LogP contribution in [-0.2, 0) is 10.3 Å². The molecule has 188 valence electrons. The second-order valence-corrected chi connectivity index (χ2v) is 10.8. The average Bonchev–Trinajstić information content (AvgIpc) is 3.58. The number of amides is 2. The van der Waals surface area contributed by atoms with E-state index in [0.717, 1.165) is 41.3 Å². The number of ether oxygens (including phenoxy) is 2. The van der Waals surface area contributed by atoms with Crippen molar-refractivity contribution in [1.29, 1.82) is 0 Å². The van der Waals surface area contributed by atoms with Crippen LogP contribution in [0, 0.1) is 6.92 Å². The number of hydrogen-bond donors (Lipinski definition) is 1. The summed E-state index contributed by atoms with van der Waals surface area (Å²) in [5.41, 5.74) is 2.61. The number of benzene rings is 2. The number of rotatable bonds is 6. The predicted molar refractivity (Wildman–Crippen MR) is 138 cm³/mol. The highest BCUT2D eigenvalue weighted by Crippen LogP contribution is 2.48. The van der Waals surface area contributed by atoms with Crippen LogP contribution in [0.3, 0.4) is 0 Å². The third-order valence-electron chi connectivity index (χ3n) is 6.93. The molecule has 7 heteroatoms. The molecule has 36 heavy (non-hydrogen) atoms. The Kier molecular flexibility index (Phi) is 6.10. The maximum Gasteiger partial charge on any atom is 0.410 e. The van der Waals surface area contributed by atoms with Crippen LogP contribution in [0.2, 0.25) is 0 Å². The van der Waals surface area contributed by atoms with Gasteiger partial charge in [-0.05, 0) is 82.3 Å². The van der Waals surface area contributed by atoms with E-state index in [0.29, 0.717) is 24.5 Å². The van der Waals surface area contributed by atoms with Crippen LogP contribution < -0.4 is 10.1 Å². The van der Waals surface area contributed by atoms with Crippen molar-refractivity contribution in [3.05, 3.63) is 71.4 Å². The number of nitrogens with zero attached hydrogens (tertiary/aromatic N) is 2. The third-order valence-corrected chi connectivity index (χ3v) is 6.93. The number of carbonyl (C=O) groups is 2. The van der Waals surface area contributed by atoms with Crippen molar-refractivity contribution < 1.29 is 19.1 Å². The summed E-state index contributed by atoms with van der Waals surface area (Å²) in [6.07, 6.45) is 4.12. The summed E-state index contributed by atoms with van der Waals surface area (Å²) in [5, 5.41) is 4.37. The molecule has 0 spiro atoms. The van der Waals surface area contributed by atoms with Gasteiger partial charge in [-0.15, -0.1) is 0 Å². The Labute approximate surface area is 211 Å². The van der Waals surface area contributed by atoms with Crippen molar-refractivity contribution in [3.8, 4) is 5.75 Å². The number of aromatic nitrogens is 1. The lowest BCUT2D eigenvalue weighted by molar-refractivity contribution is -0.0141. The van der Waals surface area contributed by atoms with E-state index in [1.807, 2.05) is 58.0 Å². The van der Waals surface area contributed by atoms with Gasteiger partial charge in [-0.1, -0.05) is 24.3 Å². The summed E-state index contributed by atoms with van der Waals surface area (Å²) < 4.78 is 11.5. The van der Waals surface area contributed by atoms with E-state index >= 15 is 0 Å². The number of carbonyl (C=O) groups excluding carboxylic acids is 2. The molecule has 0 bridgehead atoms. The normalized spacial score (nSPS) is 18.3. The van der Waals surface area contributed by atoms with Gasteiger partial charge in [0.05, 0.1) is 17.1 Å². The molecule has 0 unspecified atom stereocenters. The maximum absolute atomic E-state index is 13.4. The van der Waals surface area contributed by atoms with Crippen LogP contribution >= 0.6 is 0 Å². The first-order valence-electron chi connectivity index (χ1n) is 12.6. The second-order valence-electron chi connectivity index (χ2n) is 10.8. The molecule has 1 aliphatic carbocycles. The van der Waals surface area contributed by atoms with Gasteiger partial charge in [-0.25, -0.2) is 4.79 Å². The quantitative estimate of drug-likeness (QED) is 0.507. The lowest BCUT2D eigenvalue weighted by Gasteiger charge is -2.41. The molecule has 1 saturated carbocycles. The molecule has 1 N–H and O–H groups in total. The second kappa shape index (κ2) is 9.12. The first-order chi connectivity index (χ1) is 17.2. The SMILES string of the molecule is Cc1ccc(OC[C@@H]2CCN2C(=O)OC(C)(C)C)cc1C(=O)NC1(c2cccc3ncccc23)CC1. The maximum atomic E-state index is 13.4. The lowest BCUT2D eigenvalue weighted by atomic mass is 9.98. The first-order valence-corrected chi connectivity index (χ1v) is 12.6. The van der Waals surface area contributed by atoms with Gasteiger partial charge in [0.15, 0.2) is 0 Å². The van der Waals surface area contributed by atoms with Crippen LogP contribution in [0.1, 0.15) is 61.5 Å². The number of fused-ring (bicyclic) bond motifs is 1. The zero-order chi connectivity index (χ0) is 25.5. The van der Waals surface area contributed by atoms with Gasteiger partial charge in [-0.2, -0.15) is 0 Å². The molecule has 0 radical (unpaired) electrons. The van der Waals surface area contributed by atoms with E-state index in [4.69, 9.17) is 9.47 Å². The van der Waals surface area contributed by atoms with E-state index in [9.17, 15) is 9.59 Å². The molecular formula is C29H33N3O4. The third kappa shape index (κ3) is 4.87. The summed E-state index contributed by atoms with van der Waals surface area (Å²) >= 11 is 0. The van der Waals surface area contributed by atoms with Crippen LogP contribution in [0.15, 0.2) is 54.7 Å². The fourth-order valence-electron chi connectivity index (χ4n) is 4.69. The molecule has 2 aliphatic rings. The summed E-state index contributed by atoms with van der Waals surface area (Å²) in [6.45, 7) is 8.52. The minimum Gasteiger partial charge on any atom is -0.491 e. The molecule has 2 fully saturated rings. The molecule has 1 aliphatic heterocycles. The van der Waals surface area contributed by atoms with Crippen molar-refractivity contribution >= 4 is 22.9 Å². The number of hydrogen-bond acceptors (Lipinski definition) is 5. The fraction of sp³-hybridized carbons (Fsp3) is 0.414. The minimum atomic E-state index is -0.529. The standard InChI is InChI=1S/C29H33N3O4/c1-19-10-11-21(35-18-20-12-16-32(20)27(34)36-28(2,3)4)17-23(19)26(33)31-29(13-14-29)24-8-5-9-25-22(24)7-6-15-30-25/h5-11,15,17,20H,12-14,16,18H2,1-4H3,(H,31,33)/t20-/m0/s1. The molecule has 2 heterocycles. The van der Waals surface area contributed by atoms with Crippen molar-refractivity contribution in [3.63, 3.8) is 0 Å². The monoisotopic (exact) mass is 487 g/mol. The highest BCUT2D eigenvalue weighted by atomic mass is 16.6. The number of aryl methyl sites for hydroxylation is 1. The Morgan fingerprint density at radius 1 is 1.14 bits per heavy atom. The molecule has 1 atom stereocenters. The molecule has 7 nitrogen and oxygen atoms in total. The zero-order valence-electron chi connectivity index (χ0n) is 21.3. The Hall–Kier alpha value is -3.61. The lowest BCUT2D eigenvalue weighted by Crippen LogP contribution is -2.55. The van der Waals surface area contributed by atoms with Crippen LogP contribution in [0.4, 0.5) is 4.79 Å². The Balaban J connectivity index is 1.27. The highest BCUT2D eigenvalue weighted by molar-refractivity contribution is 5.97. The molecule has 1 aromatic heterocycles. The van der Waals surface area contributed by atoms with Gasteiger partial charge in [-0.3, -0.25) is 9.78 Å². The summed E-state index contributed by atoms with van der Waals surface area (Å²) in [7, 11) is 0. The van der Waals surface area contributed by atoms with Gasteiger partial charge in [0.2, 0.25) is 0 Å². The topological polar surface area (TPSA) is 80.8 Å². The predicted octanol–water partition coefficient (Wildman–Crippen LogP) is 5.35. The zero-order valence-corrected chi connectivity index (χ0v) is 21.3. The average molecular weight is 488 g/mol. The molecule has 3 aromatic rings. The van der Waals surface area contributed by atoms with Crippen LogP contribution in [0.5, 0.6) is 5.75 Å². The van der Waals surface area contributed by atoms with Gasteiger partial charge in [0.25, 0.3) is 5.91 Å². The molecular weight excluding hydrogens is 454 g/mol. The van der Waals surface area contributed by atoms with Crippen molar-refractivity contribution in [2.24, 2.45) is 0 Å². The first kappa shape index (κ1) is 24.1. The summed E-state index contributed by atoms with van der Waals surface area (Å²) in [4.78, 5) is 32.0.